The third kappa shape index (κ3) is 4.54. The van der Waals surface area contributed by atoms with Gasteiger partial charge in [-0.1, -0.05) is 6.07 Å². The van der Waals surface area contributed by atoms with Crippen LogP contribution in [-0.4, -0.2) is 53.7 Å². The average molecular weight is 314 g/mol. The highest BCUT2D eigenvalue weighted by Crippen LogP contribution is 2.11. The Bertz CT molecular complexity index is 658. The molecule has 2 rings (SSSR count). The zero-order valence-corrected chi connectivity index (χ0v) is 12.9. The van der Waals surface area contributed by atoms with Crippen LogP contribution in [0.2, 0.25) is 0 Å². The molecular weight excluding hydrogens is 296 g/mol. The number of hydrogen-bond donors (Lipinski definition) is 1. The molecule has 1 aromatic carbocycles. The van der Waals surface area contributed by atoms with E-state index < -0.39 is 5.91 Å². The largest absolute Gasteiger partial charge is 0.339 e. The lowest BCUT2D eigenvalue weighted by atomic mass is 10.2. The molecule has 0 saturated carbocycles. The summed E-state index contributed by atoms with van der Waals surface area (Å²) in [6.07, 6.45) is -0.253. The predicted molar refractivity (Wildman–Crippen MR) is 83.2 cm³/mol. The van der Waals surface area contributed by atoms with Crippen molar-refractivity contribution >= 4 is 23.4 Å². The van der Waals surface area contributed by atoms with Crippen LogP contribution in [0.3, 0.4) is 0 Å². The maximum absolute atomic E-state index is 12.1. The van der Waals surface area contributed by atoms with E-state index in [1.54, 1.807) is 34.1 Å². The maximum Gasteiger partial charge on any atom is 0.233 e. The van der Waals surface area contributed by atoms with Crippen LogP contribution in [0.15, 0.2) is 24.3 Å². The number of rotatable bonds is 3. The van der Waals surface area contributed by atoms with E-state index >= 15 is 0 Å². The Labute approximate surface area is 134 Å². The Balaban J connectivity index is 1.84. The lowest BCUT2D eigenvalue weighted by molar-refractivity contribution is -0.140. The summed E-state index contributed by atoms with van der Waals surface area (Å²) < 4.78 is 0. The van der Waals surface area contributed by atoms with Gasteiger partial charge in [-0.05, 0) is 18.2 Å². The molecule has 7 nitrogen and oxygen atoms in total. The van der Waals surface area contributed by atoms with Crippen LogP contribution >= 0.6 is 0 Å². The normalized spacial score (nSPS) is 14.1. The molecule has 0 atom stereocenters. The minimum Gasteiger partial charge on any atom is -0.339 e. The van der Waals surface area contributed by atoms with E-state index in [1.165, 1.54) is 6.92 Å². The number of nitrogens with one attached hydrogen (secondary N) is 1. The summed E-state index contributed by atoms with van der Waals surface area (Å²) >= 11 is 0. The lowest BCUT2D eigenvalue weighted by Crippen LogP contribution is -2.50. The second-order valence-electron chi connectivity index (χ2n) is 5.30. The van der Waals surface area contributed by atoms with Gasteiger partial charge in [-0.25, -0.2) is 0 Å². The second-order valence-corrected chi connectivity index (χ2v) is 5.30. The van der Waals surface area contributed by atoms with Gasteiger partial charge in [0.15, 0.2) is 0 Å². The smallest absolute Gasteiger partial charge is 0.233 e. The van der Waals surface area contributed by atoms with E-state index in [2.05, 4.69) is 5.32 Å². The fraction of sp³-hybridized carbons (Fsp3) is 0.375. The predicted octanol–water partition coefficient (Wildman–Crippen LogP) is 0.578. The monoisotopic (exact) mass is 314 g/mol. The van der Waals surface area contributed by atoms with Gasteiger partial charge in [0.2, 0.25) is 17.7 Å². The standard InChI is InChI=1S/C16H18N4O3/c1-12(21)19-5-7-20(8-6-19)16(23)10-15(22)18-14-4-2-3-13(9-14)11-17/h2-4,9H,5-8,10H2,1H3,(H,18,22). The number of carbonyl (C=O) groups is 3. The second kappa shape index (κ2) is 7.40. The van der Waals surface area contributed by atoms with Crippen LogP contribution in [-0.2, 0) is 14.4 Å². The first-order chi connectivity index (χ1) is 11.0. The van der Waals surface area contributed by atoms with Crippen LogP contribution in [0.25, 0.3) is 0 Å². The quantitative estimate of drug-likeness (QED) is 0.826. The molecule has 120 valence electrons. The molecule has 0 bridgehead atoms. The van der Waals surface area contributed by atoms with Crippen molar-refractivity contribution in [1.29, 1.82) is 5.26 Å². The number of carbonyl (C=O) groups excluding carboxylic acids is 3. The highest BCUT2D eigenvalue weighted by Gasteiger charge is 2.23. The molecule has 1 fully saturated rings. The fourth-order valence-corrected chi connectivity index (χ4v) is 2.39. The van der Waals surface area contributed by atoms with Crippen molar-refractivity contribution in [1.82, 2.24) is 9.80 Å². The summed E-state index contributed by atoms with van der Waals surface area (Å²) in [5, 5.41) is 11.4. The number of piperazine rings is 1. The van der Waals surface area contributed by atoms with E-state index in [0.29, 0.717) is 37.4 Å². The summed E-state index contributed by atoms with van der Waals surface area (Å²) in [5.74, 6) is -0.687. The first-order valence-corrected chi connectivity index (χ1v) is 7.33. The van der Waals surface area contributed by atoms with Crippen molar-refractivity contribution < 1.29 is 14.4 Å². The number of anilines is 1. The van der Waals surface area contributed by atoms with Crippen LogP contribution in [0, 0.1) is 11.3 Å². The Hall–Kier alpha value is -2.88. The van der Waals surface area contributed by atoms with Crippen molar-refractivity contribution in [3.63, 3.8) is 0 Å². The molecule has 0 unspecified atom stereocenters. The van der Waals surface area contributed by atoms with E-state index in [1.807, 2.05) is 6.07 Å². The summed E-state index contributed by atoms with van der Waals surface area (Å²) in [6.45, 7) is 3.37. The Morgan fingerprint density at radius 2 is 1.83 bits per heavy atom. The van der Waals surface area contributed by atoms with Gasteiger partial charge in [-0.2, -0.15) is 5.26 Å². The van der Waals surface area contributed by atoms with Gasteiger partial charge in [-0.3, -0.25) is 14.4 Å². The Morgan fingerprint density at radius 3 is 2.43 bits per heavy atom. The van der Waals surface area contributed by atoms with E-state index in [4.69, 9.17) is 5.26 Å². The molecule has 3 amide bonds. The van der Waals surface area contributed by atoms with Crippen molar-refractivity contribution in [3.05, 3.63) is 29.8 Å². The van der Waals surface area contributed by atoms with E-state index in [0.717, 1.165) is 0 Å². The van der Waals surface area contributed by atoms with Gasteiger partial charge in [0.05, 0.1) is 11.6 Å². The molecule has 1 heterocycles. The van der Waals surface area contributed by atoms with Crippen molar-refractivity contribution in [2.24, 2.45) is 0 Å². The summed E-state index contributed by atoms with van der Waals surface area (Å²) in [7, 11) is 0. The topological polar surface area (TPSA) is 93.5 Å². The number of hydrogen-bond acceptors (Lipinski definition) is 4. The van der Waals surface area contributed by atoms with Gasteiger partial charge < -0.3 is 15.1 Å². The van der Waals surface area contributed by atoms with Gasteiger partial charge in [-0.15, -0.1) is 0 Å². The minimum atomic E-state index is -0.418. The zero-order chi connectivity index (χ0) is 16.8. The van der Waals surface area contributed by atoms with Gasteiger partial charge in [0.1, 0.15) is 6.42 Å². The molecule has 1 aliphatic rings. The number of nitrogens with zero attached hydrogens (tertiary/aromatic N) is 3. The van der Waals surface area contributed by atoms with Gasteiger partial charge in [0, 0.05) is 38.8 Å². The Kier molecular flexibility index (Phi) is 5.31. The Morgan fingerprint density at radius 1 is 1.17 bits per heavy atom. The zero-order valence-electron chi connectivity index (χ0n) is 12.9. The van der Waals surface area contributed by atoms with Crippen molar-refractivity contribution in [2.75, 3.05) is 31.5 Å². The summed E-state index contributed by atoms with van der Waals surface area (Å²) in [4.78, 5) is 38.5. The van der Waals surface area contributed by atoms with Crippen LogP contribution < -0.4 is 5.32 Å². The number of nitriles is 1. The molecule has 0 radical (unpaired) electrons. The molecule has 7 heteroatoms. The van der Waals surface area contributed by atoms with E-state index in [9.17, 15) is 14.4 Å². The fourth-order valence-electron chi connectivity index (χ4n) is 2.39. The lowest BCUT2D eigenvalue weighted by Gasteiger charge is -2.34. The van der Waals surface area contributed by atoms with Crippen molar-refractivity contribution in [3.8, 4) is 6.07 Å². The molecule has 1 aliphatic heterocycles. The minimum absolute atomic E-state index is 0.00721. The van der Waals surface area contributed by atoms with Crippen LogP contribution in [0.4, 0.5) is 5.69 Å². The van der Waals surface area contributed by atoms with Gasteiger partial charge >= 0.3 is 0 Å². The third-order valence-corrected chi connectivity index (χ3v) is 3.66. The first kappa shape index (κ1) is 16.5. The molecule has 0 aromatic heterocycles. The molecule has 0 spiro atoms. The number of amides is 3. The summed E-state index contributed by atoms with van der Waals surface area (Å²) in [6, 6.07) is 8.50. The van der Waals surface area contributed by atoms with Crippen LogP contribution in [0.1, 0.15) is 18.9 Å². The average Bonchev–Trinajstić information content (AvgIpc) is 2.54. The number of benzene rings is 1. The molecule has 1 aromatic rings. The first-order valence-electron chi connectivity index (χ1n) is 7.33. The molecule has 1 saturated heterocycles. The van der Waals surface area contributed by atoms with Crippen LogP contribution in [0.5, 0.6) is 0 Å². The highest BCUT2D eigenvalue weighted by molar-refractivity contribution is 6.03. The third-order valence-electron chi connectivity index (χ3n) is 3.66. The van der Waals surface area contributed by atoms with Gasteiger partial charge in [0.25, 0.3) is 0 Å². The van der Waals surface area contributed by atoms with E-state index in [-0.39, 0.29) is 18.2 Å². The highest BCUT2D eigenvalue weighted by atomic mass is 16.2. The molecular formula is C16H18N4O3. The molecule has 0 aliphatic carbocycles. The molecule has 1 N–H and O–H groups in total. The van der Waals surface area contributed by atoms with Crippen molar-refractivity contribution in [2.45, 2.75) is 13.3 Å². The maximum atomic E-state index is 12.1. The summed E-state index contributed by atoms with van der Waals surface area (Å²) in [5.41, 5.74) is 0.928. The SMILES string of the molecule is CC(=O)N1CCN(C(=O)CC(=O)Nc2cccc(C#N)c2)CC1. The molecule has 23 heavy (non-hydrogen) atoms.